The summed E-state index contributed by atoms with van der Waals surface area (Å²) in [6.45, 7) is 3.21. The predicted molar refractivity (Wildman–Crippen MR) is 189 cm³/mol. The van der Waals surface area contributed by atoms with Crippen LogP contribution >= 0.6 is 0 Å². The fourth-order valence-corrected chi connectivity index (χ4v) is 5.04. The molecule has 0 fully saturated rings. The fourth-order valence-electron chi connectivity index (χ4n) is 5.04. The molecule has 0 aromatic heterocycles. The van der Waals surface area contributed by atoms with Gasteiger partial charge in [-0.3, -0.25) is 14.4 Å². The lowest BCUT2D eigenvalue weighted by molar-refractivity contribution is -0.118. The number of hydrogen-bond donors (Lipinski definition) is 5. The molecule has 0 saturated carbocycles. The second-order valence-corrected chi connectivity index (χ2v) is 11.4. The molecule has 4 aromatic rings. The zero-order valence-corrected chi connectivity index (χ0v) is 27.0. The minimum Gasteiger partial charge on any atom is -0.506 e. The summed E-state index contributed by atoms with van der Waals surface area (Å²) >= 11 is 0. The number of carboxylic acids is 1. The van der Waals surface area contributed by atoms with Gasteiger partial charge in [-0.25, -0.2) is 4.79 Å². The van der Waals surface area contributed by atoms with Crippen LogP contribution in [0.2, 0.25) is 0 Å². The zero-order chi connectivity index (χ0) is 36.4. The zero-order valence-electron chi connectivity index (χ0n) is 27.0. The number of carboxylic acid groups (broad SMARTS) is 1. The van der Waals surface area contributed by atoms with E-state index in [-0.39, 0.29) is 33.9 Å². The molecule has 0 saturated heterocycles. The van der Waals surface area contributed by atoms with Gasteiger partial charge in [0.2, 0.25) is 0 Å². The Kier molecular flexibility index (Phi) is 9.00. The Bertz CT molecular complexity index is 2200. The number of carbonyl (C=O) groups is 4. The van der Waals surface area contributed by atoms with E-state index in [0.29, 0.717) is 34.2 Å². The molecule has 17 nitrogen and oxygen atoms in total. The van der Waals surface area contributed by atoms with Gasteiger partial charge in [0.05, 0.1) is 34.0 Å². The number of hydrogen-bond acceptors (Lipinski definition) is 13. The lowest BCUT2D eigenvalue weighted by Gasteiger charge is -2.12. The average Bonchev–Trinajstić information content (AvgIpc) is 3.56. The van der Waals surface area contributed by atoms with Crippen LogP contribution in [0.25, 0.3) is 0 Å². The van der Waals surface area contributed by atoms with E-state index in [9.17, 15) is 29.4 Å². The van der Waals surface area contributed by atoms with Crippen LogP contribution in [-0.4, -0.2) is 57.4 Å². The van der Waals surface area contributed by atoms with E-state index >= 15 is 0 Å². The number of carbonyl (C=O) groups excluding carboxylic acids is 3. The number of nitrogens with two attached hydrogens (primary N) is 2. The Morgan fingerprint density at radius 1 is 0.725 bits per heavy atom. The molecule has 7 N–H and O–H groups in total. The van der Waals surface area contributed by atoms with Crippen molar-refractivity contribution in [2.24, 2.45) is 30.7 Å². The molecule has 0 spiro atoms. The van der Waals surface area contributed by atoms with Crippen molar-refractivity contribution < 1.29 is 29.4 Å². The number of azo groups is 2. The van der Waals surface area contributed by atoms with Gasteiger partial charge in [0.1, 0.15) is 11.4 Å². The molecule has 2 unspecified atom stereocenters. The number of phenolic OH excluding ortho intramolecular Hbond substituents is 1. The maximum absolute atomic E-state index is 13.2. The first-order valence-corrected chi connectivity index (χ1v) is 15.2. The largest absolute Gasteiger partial charge is 0.506 e. The third-order valence-electron chi connectivity index (χ3n) is 7.75. The molecule has 0 aliphatic carbocycles. The Balaban J connectivity index is 1.15. The van der Waals surface area contributed by atoms with Crippen LogP contribution in [0.3, 0.4) is 0 Å². The highest BCUT2D eigenvalue weighted by atomic mass is 16.4. The number of hydrazone groups is 2. The number of aromatic carboxylic acids is 1. The van der Waals surface area contributed by atoms with Gasteiger partial charge >= 0.3 is 5.97 Å². The smallest absolute Gasteiger partial charge is 0.338 e. The Morgan fingerprint density at radius 3 is 1.75 bits per heavy atom. The topological polar surface area (TPSA) is 253 Å². The molecule has 2 aliphatic rings. The Labute approximate surface area is 289 Å². The average molecular weight is 688 g/mol. The summed E-state index contributed by atoms with van der Waals surface area (Å²) in [6, 6.07) is 18.7. The van der Waals surface area contributed by atoms with Gasteiger partial charge in [-0.1, -0.05) is 0 Å². The first kappa shape index (κ1) is 33.6. The van der Waals surface area contributed by atoms with E-state index in [1.54, 1.807) is 62.4 Å². The molecule has 2 heterocycles. The van der Waals surface area contributed by atoms with Gasteiger partial charge in [0.15, 0.2) is 12.1 Å². The van der Waals surface area contributed by atoms with Gasteiger partial charge in [0, 0.05) is 22.6 Å². The summed E-state index contributed by atoms with van der Waals surface area (Å²) in [5, 5.41) is 50.0. The molecule has 0 radical (unpaired) electrons. The van der Waals surface area contributed by atoms with Crippen molar-refractivity contribution in [3.05, 3.63) is 96.1 Å². The molecular formula is C34H29N11O6. The molecule has 51 heavy (non-hydrogen) atoms. The van der Waals surface area contributed by atoms with Crippen LogP contribution < -0.4 is 26.8 Å². The van der Waals surface area contributed by atoms with Gasteiger partial charge in [-0.15, -0.1) is 0 Å². The number of nitrogen functional groups attached to an aromatic ring is 2. The third-order valence-corrected chi connectivity index (χ3v) is 7.75. The molecule has 6 rings (SSSR count). The molecule has 2 aliphatic heterocycles. The Hall–Kier alpha value is -7.30. The van der Waals surface area contributed by atoms with E-state index < -0.39 is 35.8 Å². The van der Waals surface area contributed by atoms with Crippen molar-refractivity contribution in [3.63, 3.8) is 0 Å². The monoisotopic (exact) mass is 687 g/mol. The number of anilines is 5. The highest BCUT2D eigenvalue weighted by molar-refractivity contribution is 6.19. The quantitative estimate of drug-likeness (QED) is 0.114. The lowest BCUT2D eigenvalue weighted by Crippen LogP contribution is -2.29. The SMILES string of the molecule is CC1=NN(c2ccc(N)cc2)C(=O)C1N=Nc1cc(C(=O)Nc2ccc(N=NC3C(=O)N(c4ccc(N)cc4)N=C3C)c(C(=O)O)c2)ccc1O. The maximum atomic E-state index is 13.2. The van der Waals surface area contributed by atoms with Crippen molar-refractivity contribution in [2.45, 2.75) is 25.9 Å². The second-order valence-electron chi connectivity index (χ2n) is 11.4. The van der Waals surface area contributed by atoms with Crippen LogP contribution in [0.15, 0.2) is 116 Å². The van der Waals surface area contributed by atoms with E-state index in [1.807, 2.05) is 0 Å². The second kappa shape index (κ2) is 13.7. The van der Waals surface area contributed by atoms with Crippen molar-refractivity contribution >= 4 is 74.9 Å². The molecular weight excluding hydrogens is 658 g/mol. The van der Waals surface area contributed by atoms with Gasteiger partial charge in [-0.2, -0.15) is 40.7 Å². The first-order valence-electron chi connectivity index (χ1n) is 15.2. The number of benzene rings is 4. The van der Waals surface area contributed by atoms with Crippen LogP contribution in [0, 0.1) is 0 Å². The summed E-state index contributed by atoms with van der Waals surface area (Å²) in [5.41, 5.74) is 13.9. The van der Waals surface area contributed by atoms with Crippen molar-refractivity contribution in [1.82, 2.24) is 0 Å². The number of nitrogens with one attached hydrogen (secondary N) is 1. The fraction of sp³-hybridized carbons (Fsp3) is 0.118. The first-order chi connectivity index (χ1) is 24.4. The van der Waals surface area contributed by atoms with E-state index in [2.05, 4.69) is 36.0 Å². The van der Waals surface area contributed by atoms with Crippen LogP contribution in [0.1, 0.15) is 34.6 Å². The van der Waals surface area contributed by atoms with E-state index in [4.69, 9.17) is 11.5 Å². The van der Waals surface area contributed by atoms with Crippen molar-refractivity contribution in [2.75, 3.05) is 26.8 Å². The highest BCUT2D eigenvalue weighted by Gasteiger charge is 2.36. The minimum atomic E-state index is -1.35. The van der Waals surface area contributed by atoms with Crippen LogP contribution in [-0.2, 0) is 9.59 Å². The predicted octanol–water partition coefficient (Wildman–Crippen LogP) is 5.26. The molecule has 17 heteroatoms. The van der Waals surface area contributed by atoms with Crippen molar-refractivity contribution in [3.8, 4) is 5.75 Å². The van der Waals surface area contributed by atoms with Crippen LogP contribution in [0.4, 0.5) is 39.8 Å². The van der Waals surface area contributed by atoms with E-state index in [1.165, 1.54) is 46.4 Å². The summed E-state index contributed by atoms with van der Waals surface area (Å²) < 4.78 is 0. The lowest BCUT2D eigenvalue weighted by atomic mass is 10.1. The summed E-state index contributed by atoms with van der Waals surface area (Å²) in [5.74, 6) is -3.26. The number of phenols is 1. The summed E-state index contributed by atoms with van der Waals surface area (Å²) in [6.07, 6.45) is 0. The number of nitrogens with zero attached hydrogens (tertiary/aromatic N) is 8. The maximum Gasteiger partial charge on any atom is 0.338 e. The Morgan fingerprint density at radius 2 is 1.24 bits per heavy atom. The number of rotatable bonds is 9. The molecule has 2 atom stereocenters. The van der Waals surface area contributed by atoms with Crippen molar-refractivity contribution in [1.29, 1.82) is 0 Å². The molecule has 4 aromatic carbocycles. The summed E-state index contributed by atoms with van der Waals surface area (Å²) in [4.78, 5) is 51.3. The number of aromatic hydroxyl groups is 1. The molecule has 0 bridgehead atoms. The molecule has 3 amide bonds. The normalized spacial score (nSPS) is 17.4. The summed E-state index contributed by atoms with van der Waals surface area (Å²) in [7, 11) is 0. The van der Waals surface area contributed by atoms with Gasteiger partial charge in [-0.05, 0) is 98.8 Å². The third kappa shape index (κ3) is 6.98. The minimum absolute atomic E-state index is 0.0502. The standard InChI is InChI=1S/C34H29N11O6/c1-17-29(32(48)44(42-17)23-9-4-20(35)5-10-23)40-38-26-13-8-22(16-25(26)34(50)51)37-31(47)19-3-14-28(46)27(15-19)39-41-30-18(2)43-45(33(30)49)24-11-6-21(36)7-12-24/h3-16,29-30,46H,35-36H2,1-2H3,(H,37,47)(H,50,51). The molecule has 256 valence electrons. The van der Waals surface area contributed by atoms with Gasteiger partial charge in [0.25, 0.3) is 17.7 Å². The number of amides is 3. The van der Waals surface area contributed by atoms with Gasteiger partial charge < -0.3 is 27.0 Å². The van der Waals surface area contributed by atoms with Crippen LogP contribution in [0.5, 0.6) is 5.75 Å². The van der Waals surface area contributed by atoms with E-state index in [0.717, 1.165) is 0 Å². The highest BCUT2D eigenvalue weighted by Crippen LogP contribution is 2.31.